The standard InChI is InChI=1S/C31H34N2OS/c1-2-23-13-17-28(18-14-23)35-32-31-29-20-27(16-15-26(29)19-30(31)34)33(21-24-9-5-3-6-10-24)22-25-11-7-4-8-12-25/h3-13,15-17,20,30-32,34H,2,14,18-19,21-22H2,1H3/t30-,31-/m1/s1. The summed E-state index contributed by atoms with van der Waals surface area (Å²) < 4.78 is 3.61. The van der Waals surface area contributed by atoms with E-state index in [1.807, 2.05) is 0 Å². The Bertz CT molecular complexity index is 1150. The lowest BCUT2D eigenvalue weighted by Crippen LogP contribution is -2.25. The van der Waals surface area contributed by atoms with E-state index in [1.165, 1.54) is 38.4 Å². The second-order valence-electron chi connectivity index (χ2n) is 9.49. The van der Waals surface area contributed by atoms with Crippen LogP contribution in [-0.4, -0.2) is 11.2 Å². The van der Waals surface area contributed by atoms with E-state index in [2.05, 4.69) is 108 Å². The molecule has 3 nitrogen and oxygen atoms in total. The van der Waals surface area contributed by atoms with Crippen LogP contribution in [-0.2, 0) is 19.5 Å². The number of hydrogen-bond donors (Lipinski definition) is 2. The van der Waals surface area contributed by atoms with E-state index in [0.717, 1.165) is 32.4 Å². The normalized spacial score (nSPS) is 19.1. The first-order valence-corrected chi connectivity index (χ1v) is 13.5. The molecule has 0 saturated carbocycles. The van der Waals surface area contributed by atoms with E-state index in [1.54, 1.807) is 11.9 Å². The molecule has 0 aliphatic heterocycles. The maximum absolute atomic E-state index is 10.9. The Morgan fingerprint density at radius 2 is 1.57 bits per heavy atom. The fourth-order valence-corrected chi connectivity index (χ4v) is 5.88. The highest BCUT2D eigenvalue weighted by Crippen LogP contribution is 2.38. The summed E-state index contributed by atoms with van der Waals surface area (Å²) in [7, 11) is 0. The third-order valence-electron chi connectivity index (χ3n) is 7.04. The van der Waals surface area contributed by atoms with Gasteiger partial charge in [-0.1, -0.05) is 91.4 Å². The molecule has 0 spiro atoms. The van der Waals surface area contributed by atoms with E-state index in [9.17, 15) is 5.11 Å². The van der Waals surface area contributed by atoms with Crippen molar-refractivity contribution in [3.8, 4) is 0 Å². The van der Waals surface area contributed by atoms with Crippen molar-refractivity contribution in [2.75, 3.05) is 4.90 Å². The van der Waals surface area contributed by atoms with Crippen LogP contribution in [0.25, 0.3) is 0 Å². The molecule has 0 radical (unpaired) electrons. The molecule has 0 unspecified atom stereocenters. The number of hydrogen-bond acceptors (Lipinski definition) is 4. The molecule has 4 heteroatoms. The van der Waals surface area contributed by atoms with Crippen molar-refractivity contribution in [1.29, 1.82) is 0 Å². The molecule has 0 amide bonds. The number of aliphatic hydroxyl groups is 1. The third kappa shape index (κ3) is 5.90. The second-order valence-corrected chi connectivity index (χ2v) is 10.5. The topological polar surface area (TPSA) is 35.5 Å². The molecule has 2 N–H and O–H groups in total. The Hall–Kier alpha value is -2.79. The lowest BCUT2D eigenvalue weighted by molar-refractivity contribution is 0.153. The van der Waals surface area contributed by atoms with E-state index in [0.29, 0.717) is 6.42 Å². The van der Waals surface area contributed by atoms with E-state index in [-0.39, 0.29) is 6.04 Å². The quantitative estimate of drug-likeness (QED) is 0.319. The van der Waals surface area contributed by atoms with Crippen LogP contribution in [0.5, 0.6) is 0 Å². The van der Waals surface area contributed by atoms with Crippen LogP contribution < -0.4 is 9.62 Å². The number of benzene rings is 3. The molecule has 180 valence electrons. The Balaban J connectivity index is 1.38. The highest BCUT2D eigenvalue weighted by Gasteiger charge is 2.32. The van der Waals surface area contributed by atoms with Crippen LogP contribution in [0.4, 0.5) is 5.69 Å². The van der Waals surface area contributed by atoms with Gasteiger partial charge in [-0.15, -0.1) is 0 Å². The van der Waals surface area contributed by atoms with Gasteiger partial charge in [-0.3, -0.25) is 4.72 Å². The van der Waals surface area contributed by atoms with E-state index >= 15 is 0 Å². The molecule has 2 aliphatic carbocycles. The molecule has 2 aliphatic rings. The zero-order valence-corrected chi connectivity index (χ0v) is 21.2. The van der Waals surface area contributed by atoms with Gasteiger partial charge >= 0.3 is 0 Å². The molecular weight excluding hydrogens is 448 g/mol. The van der Waals surface area contributed by atoms with Crippen LogP contribution in [0, 0.1) is 0 Å². The molecule has 3 aromatic rings. The van der Waals surface area contributed by atoms with E-state index < -0.39 is 6.10 Å². The zero-order chi connectivity index (χ0) is 24.0. The predicted octanol–water partition coefficient (Wildman–Crippen LogP) is 7.10. The van der Waals surface area contributed by atoms with Crippen molar-refractivity contribution < 1.29 is 5.11 Å². The van der Waals surface area contributed by atoms with Gasteiger partial charge in [0.05, 0.1) is 12.1 Å². The Labute approximate surface area is 213 Å². The number of anilines is 1. The van der Waals surface area contributed by atoms with Gasteiger partial charge in [0, 0.05) is 30.1 Å². The predicted molar refractivity (Wildman–Crippen MR) is 148 cm³/mol. The Morgan fingerprint density at radius 3 is 2.17 bits per heavy atom. The van der Waals surface area contributed by atoms with Crippen LogP contribution in [0.1, 0.15) is 54.5 Å². The molecule has 0 bridgehead atoms. The first-order valence-electron chi connectivity index (χ1n) is 12.6. The molecule has 0 fully saturated rings. The van der Waals surface area contributed by atoms with Gasteiger partial charge in [0.1, 0.15) is 0 Å². The Kier molecular flexibility index (Phi) is 7.72. The number of nitrogens with one attached hydrogen (secondary N) is 1. The van der Waals surface area contributed by atoms with Crippen molar-refractivity contribution in [3.63, 3.8) is 0 Å². The zero-order valence-electron chi connectivity index (χ0n) is 20.4. The summed E-state index contributed by atoms with van der Waals surface area (Å²) >= 11 is 1.69. The van der Waals surface area contributed by atoms with Gasteiger partial charge in [0.2, 0.25) is 0 Å². The summed E-state index contributed by atoms with van der Waals surface area (Å²) in [5.74, 6) is 0. The SMILES string of the molecule is CCC1=CC=C(SN[C@@H]2c3cc(N(Cc4ccccc4)Cc4ccccc4)ccc3C[C@H]2O)CC1. The first-order chi connectivity index (χ1) is 17.2. The van der Waals surface area contributed by atoms with Crippen molar-refractivity contribution in [1.82, 2.24) is 4.72 Å². The molecule has 35 heavy (non-hydrogen) atoms. The minimum atomic E-state index is -0.407. The van der Waals surface area contributed by atoms with Gasteiger partial charge in [0.15, 0.2) is 0 Å². The largest absolute Gasteiger partial charge is 0.391 e. The smallest absolute Gasteiger partial charge is 0.0783 e. The monoisotopic (exact) mass is 482 g/mol. The van der Waals surface area contributed by atoms with Crippen molar-refractivity contribution >= 4 is 17.6 Å². The lowest BCUT2D eigenvalue weighted by Gasteiger charge is -2.27. The number of allylic oxidation sites excluding steroid dienone is 4. The van der Waals surface area contributed by atoms with Crippen LogP contribution >= 0.6 is 11.9 Å². The summed E-state index contributed by atoms with van der Waals surface area (Å²) in [6, 6.07) is 27.9. The maximum atomic E-state index is 10.9. The highest BCUT2D eigenvalue weighted by molar-refractivity contribution is 8.01. The van der Waals surface area contributed by atoms with Gasteiger partial charge in [-0.25, -0.2) is 0 Å². The van der Waals surface area contributed by atoms with Crippen molar-refractivity contribution in [3.05, 3.63) is 124 Å². The molecule has 3 aromatic carbocycles. The second kappa shape index (κ2) is 11.3. The van der Waals surface area contributed by atoms with Gasteiger partial charge in [0.25, 0.3) is 0 Å². The minimum Gasteiger partial charge on any atom is -0.391 e. The summed E-state index contributed by atoms with van der Waals surface area (Å²) in [4.78, 5) is 3.77. The molecule has 0 aromatic heterocycles. The fourth-order valence-electron chi connectivity index (χ4n) is 4.97. The number of fused-ring (bicyclic) bond motifs is 1. The minimum absolute atomic E-state index is 0.0669. The van der Waals surface area contributed by atoms with Gasteiger partial charge in [-0.05, 0) is 65.6 Å². The summed E-state index contributed by atoms with van der Waals surface area (Å²) in [6.45, 7) is 3.89. The van der Waals surface area contributed by atoms with Crippen LogP contribution in [0.2, 0.25) is 0 Å². The molecule has 0 saturated heterocycles. The Morgan fingerprint density at radius 1 is 0.886 bits per heavy atom. The van der Waals surface area contributed by atoms with Crippen LogP contribution in [0.15, 0.2) is 101 Å². The molecule has 2 atom stereocenters. The first kappa shape index (κ1) is 23.9. The molecule has 0 heterocycles. The number of nitrogens with zero attached hydrogens (tertiary/aromatic N) is 1. The van der Waals surface area contributed by atoms with E-state index in [4.69, 9.17) is 0 Å². The molecular formula is C31H34N2OS. The fraction of sp³-hybridized carbons (Fsp3) is 0.290. The highest BCUT2D eigenvalue weighted by atomic mass is 32.2. The lowest BCUT2D eigenvalue weighted by atomic mass is 10.0. The van der Waals surface area contributed by atoms with Gasteiger partial charge in [-0.2, -0.15) is 0 Å². The third-order valence-corrected chi connectivity index (χ3v) is 8.02. The molecule has 5 rings (SSSR count). The summed E-state index contributed by atoms with van der Waals surface area (Å²) in [6.07, 6.45) is 8.13. The number of aliphatic hydroxyl groups excluding tert-OH is 1. The van der Waals surface area contributed by atoms with Crippen LogP contribution in [0.3, 0.4) is 0 Å². The summed E-state index contributed by atoms with van der Waals surface area (Å²) in [5.41, 5.74) is 7.74. The average molecular weight is 483 g/mol. The average Bonchev–Trinajstić information content (AvgIpc) is 3.22. The van der Waals surface area contributed by atoms with Crippen molar-refractivity contribution in [2.45, 2.75) is 57.8 Å². The van der Waals surface area contributed by atoms with Crippen molar-refractivity contribution in [2.24, 2.45) is 0 Å². The van der Waals surface area contributed by atoms with Gasteiger partial charge < -0.3 is 10.0 Å². The summed E-state index contributed by atoms with van der Waals surface area (Å²) in [5, 5.41) is 10.9. The maximum Gasteiger partial charge on any atom is 0.0783 e. The number of rotatable bonds is 9.